The molecule has 0 aliphatic heterocycles. The number of hydrogen-bond acceptors (Lipinski definition) is 4. The highest BCUT2D eigenvalue weighted by Gasteiger charge is 2.27. The minimum Gasteiger partial charge on any atom is -0.494 e. The number of methoxy groups -OCH3 is 1. The van der Waals surface area contributed by atoms with Crippen LogP contribution in [0.1, 0.15) is 32.7 Å². The summed E-state index contributed by atoms with van der Waals surface area (Å²) >= 11 is 5.98. The maximum absolute atomic E-state index is 12.6. The molecular formula is C24H18ClNO4. The van der Waals surface area contributed by atoms with Gasteiger partial charge in [-0.15, -0.1) is 0 Å². The number of fused-ring (bicyclic) bond motifs is 1. The third-order valence-corrected chi connectivity index (χ3v) is 5.36. The van der Waals surface area contributed by atoms with Crippen molar-refractivity contribution in [3.05, 3.63) is 87.6 Å². The van der Waals surface area contributed by atoms with Crippen LogP contribution >= 0.6 is 11.6 Å². The quantitative estimate of drug-likeness (QED) is 0.475. The Hall–Kier alpha value is -3.57. The Kier molecular flexibility index (Phi) is 5.06. The van der Waals surface area contributed by atoms with Gasteiger partial charge in [0.15, 0.2) is 5.78 Å². The van der Waals surface area contributed by atoms with Crippen LogP contribution in [0.5, 0.6) is 5.88 Å². The fourth-order valence-electron chi connectivity index (χ4n) is 3.67. The fraction of sp³-hybridized carbons (Fsp3) is 0.0833. The maximum Gasteiger partial charge on any atom is 0.340 e. The van der Waals surface area contributed by atoms with Crippen molar-refractivity contribution in [1.29, 1.82) is 0 Å². The standard InChI is InChI=1S/C24H18ClNO4/c1-14-22(24(29)30-2)20(23(28)26(14)17-10-8-16(25)9-11-17)13-19-18-6-4-3-5-15(18)7-12-21(19)27/h3-13,28H,1-2H3. The molecular weight excluding hydrogens is 402 g/mol. The van der Waals surface area contributed by atoms with Gasteiger partial charge in [0.1, 0.15) is 0 Å². The summed E-state index contributed by atoms with van der Waals surface area (Å²) in [5.41, 5.74) is 3.54. The lowest BCUT2D eigenvalue weighted by molar-refractivity contribution is -0.109. The van der Waals surface area contributed by atoms with Gasteiger partial charge in [-0.2, -0.15) is 0 Å². The van der Waals surface area contributed by atoms with Gasteiger partial charge in [0.2, 0.25) is 5.88 Å². The average molecular weight is 420 g/mol. The predicted molar refractivity (Wildman–Crippen MR) is 117 cm³/mol. The van der Waals surface area contributed by atoms with Crippen LogP contribution in [-0.2, 0) is 9.53 Å². The van der Waals surface area contributed by atoms with E-state index in [1.807, 2.05) is 24.3 Å². The smallest absolute Gasteiger partial charge is 0.340 e. The molecule has 0 atom stereocenters. The summed E-state index contributed by atoms with van der Waals surface area (Å²) in [6, 6.07) is 14.3. The van der Waals surface area contributed by atoms with Gasteiger partial charge < -0.3 is 9.84 Å². The van der Waals surface area contributed by atoms with Gasteiger partial charge in [0.05, 0.1) is 18.2 Å². The SMILES string of the molecule is COC(=O)c1c(C=C2C(=O)C=Cc3ccccc32)c(O)n(-c2ccc(Cl)cc2)c1C. The lowest BCUT2D eigenvalue weighted by Crippen LogP contribution is -2.07. The number of hydrogen-bond donors (Lipinski definition) is 1. The summed E-state index contributed by atoms with van der Waals surface area (Å²) in [6.45, 7) is 1.71. The van der Waals surface area contributed by atoms with E-state index in [9.17, 15) is 14.7 Å². The van der Waals surface area contributed by atoms with Gasteiger partial charge in [-0.25, -0.2) is 4.79 Å². The van der Waals surface area contributed by atoms with E-state index in [1.165, 1.54) is 17.8 Å². The second-order valence-corrected chi connectivity index (χ2v) is 7.28. The molecule has 2 aromatic carbocycles. The molecule has 6 heteroatoms. The molecule has 3 aromatic rings. The van der Waals surface area contributed by atoms with Crippen molar-refractivity contribution in [2.24, 2.45) is 0 Å². The highest BCUT2D eigenvalue weighted by atomic mass is 35.5. The number of carbonyl (C=O) groups is 2. The van der Waals surface area contributed by atoms with E-state index >= 15 is 0 Å². The maximum atomic E-state index is 12.6. The van der Waals surface area contributed by atoms with Crippen molar-refractivity contribution in [1.82, 2.24) is 4.57 Å². The molecule has 1 aromatic heterocycles. The Balaban J connectivity index is 1.98. The van der Waals surface area contributed by atoms with Gasteiger partial charge in [0.25, 0.3) is 0 Å². The fourth-order valence-corrected chi connectivity index (χ4v) is 3.80. The first-order valence-electron chi connectivity index (χ1n) is 9.24. The van der Waals surface area contributed by atoms with E-state index in [1.54, 1.807) is 43.3 Å². The van der Waals surface area contributed by atoms with Crippen molar-refractivity contribution >= 4 is 41.1 Å². The number of ketones is 1. The van der Waals surface area contributed by atoms with Crippen LogP contribution in [0.3, 0.4) is 0 Å². The van der Waals surface area contributed by atoms with Gasteiger partial charge in [-0.1, -0.05) is 41.9 Å². The van der Waals surface area contributed by atoms with Crippen molar-refractivity contribution in [3.8, 4) is 11.6 Å². The Labute approximate surface area is 178 Å². The number of carbonyl (C=O) groups excluding carboxylic acids is 2. The number of aromatic nitrogens is 1. The molecule has 0 radical (unpaired) electrons. The molecule has 0 bridgehead atoms. The molecule has 1 heterocycles. The monoisotopic (exact) mass is 419 g/mol. The molecule has 5 nitrogen and oxygen atoms in total. The number of aromatic hydroxyl groups is 1. The Bertz CT molecular complexity index is 1230. The highest BCUT2D eigenvalue weighted by Crippen LogP contribution is 2.37. The summed E-state index contributed by atoms with van der Waals surface area (Å²) in [5.74, 6) is -0.974. The van der Waals surface area contributed by atoms with Gasteiger partial charge in [-0.05, 0) is 54.5 Å². The van der Waals surface area contributed by atoms with Gasteiger partial charge >= 0.3 is 5.97 Å². The number of benzene rings is 2. The lowest BCUT2D eigenvalue weighted by Gasteiger charge is -2.13. The average Bonchev–Trinajstić information content (AvgIpc) is 3.00. The van der Waals surface area contributed by atoms with E-state index < -0.39 is 5.97 Å². The number of ether oxygens (including phenoxy) is 1. The third-order valence-electron chi connectivity index (χ3n) is 5.11. The first-order chi connectivity index (χ1) is 14.4. The topological polar surface area (TPSA) is 68.5 Å². The zero-order chi connectivity index (χ0) is 21.4. The van der Waals surface area contributed by atoms with E-state index in [-0.39, 0.29) is 22.8 Å². The number of esters is 1. The Morgan fingerprint density at radius 3 is 2.50 bits per heavy atom. The molecule has 0 fully saturated rings. The third kappa shape index (κ3) is 3.23. The Morgan fingerprint density at radius 2 is 1.80 bits per heavy atom. The second kappa shape index (κ2) is 7.69. The van der Waals surface area contributed by atoms with Crippen molar-refractivity contribution < 1.29 is 19.4 Å². The number of allylic oxidation sites excluding steroid dienone is 2. The first-order valence-corrected chi connectivity index (χ1v) is 9.62. The van der Waals surface area contributed by atoms with Crippen LogP contribution in [0.25, 0.3) is 23.4 Å². The predicted octanol–water partition coefficient (Wildman–Crippen LogP) is 5.07. The molecule has 0 unspecified atom stereocenters. The molecule has 0 spiro atoms. The van der Waals surface area contributed by atoms with E-state index in [0.29, 0.717) is 22.0 Å². The van der Waals surface area contributed by atoms with Crippen molar-refractivity contribution in [3.63, 3.8) is 0 Å². The zero-order valence-corrected chi connectivity index (χ0v) is 17.1. The number of halogens is 1. The van der Waals surface area contributed by atoms with Crippen LogP contribution in [0.4, 0.5) is 0 Å². The summed E-state index contributed by atoms with van der Waals surface area (Å²) in [5, 5.41) is 11.6. The lowest BCUT2D eigenvalue weighted by atomic mass is 9.90. The van der Waals surface area contributed by atoms with Crippen LogP contribution < -0.4 is 0 Å². The van der Waals surface area contributed by atoms with E-state index in [4.69, 9.17) is 16.3 Å². The van der Waals surface area contributed by atoms with Crippen LogP contribution in [0, 0.1) is 6.92 Å². The molecule has 0 amide bonds. The molecule has 0 saturated heterocycles. The molecule has 30 heavy (non-hydrogen) atoms. The van der Waals surface area contributed by atoms with Crippen LogP contribution in [0.15, 0.2) is 54.6 Å². The first kappa shape index (κ1) is 19.7. The normalized spacial score (nSPS) is 14.1. The molecule has 1 aliphatic rings. The summed E-state index contributed by atoms with van der Waals surface area (Å²) in [7, 11) is 1.28. The van der Waals surface area contributed by atoms with Gasteiger partial charge in [0, 0.05) is 22.0 Å². The zero-order valence-electron chi connectivity index (χ0n) is 16.3. The second-order valence-electron chi connectivity index (χ2n) is 6.84. The summed E-state index contributed by atoms with van der Waals surface area (Å²) in [4.78, 5) is 25.2. The Morgan fingerprint density at radius 1 is 1.10 bits per heavy atom. The van der Waals surface area contributed by atoms with Crippen LogP contribution in [0.2, 0.25) is 5.02 Å². The molecule has 0 saturated carbocycles. The minimum atomic E-state index is -0.602. The molecule has 1 aliphatic carbocycles. The molecule has 150 valence electrons. The minimum absolute atomic E-state index is 0.164. The van der Waals surface area contributed by atoms with Crippen molar-refractivity contribution in [2.45, 2.75) is 6.92 Å². The van der Waals surface area contributed by atoms with E-state index in [0.717, 1.165) is 11.1 Å². The number of nitrogens with zero attached hydrogens (tertiary/aromatic N) is 1. The number of rotatable bonds is 3. The summed E-state index contributed by atoms with van der Waals surface area (Å²) in [6.07, 6.45) is 4.78. The highest BCUT2D eigenvalue weighted by molar-refractivity contribution is 6.33. The largest absolute Gasteiger partial charge is 0.494 e. The summed E-state index contributed by atoms with van der Waals surface area (Å²) < 4.78 is 6.49. The van der Waals surface area contributed by atoms with Crippen LogP contribution in [-0.4, -0.2) is 28.5 Å². The molecule has 4 rings (SSSR count). The van der Waals surface area contributed by atoms with Gasteiger partial charge in [-0.3, -0.25) is 9.36 Å². The van der Waals surface area contributed by atoms with E-state index in [2.05, 4.69) is 0 Å². The van der Waals surface area contributed by atoms with Crippen molar-refractivity contribution in [2.75, 3.05) is 7.11 Å². The molecule has 1 N–H and O–H groups in total.